The minimum absolute atomic E-state index is 0.325. The van der Waals surface area contributed by atoms with Crippen LogP contribution in [0.3, 0.4) is 0 Å². The number of aryl methyl sites for hydroxylation is 3. The van der Waals surface area contributed by atoms with Gasteiger partial charge in [-0.1, -0.05) is 29.3 Å². The van der Waals surface area contributed by atoms with Gasteiger partial charge in [0.2, 0.25) is 0 Å². The van der Waals surface area contributed by atoms with E-state index in [2.05, 4.69) is 48.9 Å². The Kier molecular flexibility index (Phi) is 4.32. The Labute approximate surface area is 112 Å². The molecule has 0 spiro atoms. The number of hydrogen-bond acceptors (Lipinski definition) is 2. The summed E-state index contributed by atoms with van der Waals surface area (Å²) in [6.07, 6.45) is 2.07. The summed E-state index contributed by atoms with van der Waals surface area (Å²) in [5, 5.41) is 4.17. The molecule has 2 aromatic rings. The Morgan fingerprint density at radius 2 is 1.83 bits per heavy atom. The summed E-state index contributed by atoms with van der Waals surface area (Å²) in [6, 6.07) is 8.44. The second-order valence-electron chi connectivity index (χ2n) is 4.84. The number of thiophene rings is 1. The van der Waals surface area contributed by atoms with Crippen LogP contribution in [0.1, 0.15) is 28.7 Å². The highest BCUT2D eigenvalue weighted by Gasteiger charge is 2.05. The Bertz CT molecular complexity index is 506. The third-order valence-corrected chi connectivity index (χ3v) is 3.69. The predicted octanol–water partition coefficient (Wildman–Crippen LogP) is 4.11. The number of Topliss-reactive ketones (excluding diaryl/α,β-unsaturated/α-hetero) is 1. The second-order valence-corrected chi connectivity index (χ2v) is 5.62. The standard InChI is InChI=1S/C16H18OS/c1-12-7-13(2)9-15(8-12)10-16(17)4-3-14-5-6-18-11-14/h5-9,11H,3-4,10H2,1-2H3. The topological polar surface area (TPSA) is 17.1 Å². The first kappa shape index (κ1) is 13.0. The van der Waals surface area contributed by atoms with Crippen molar-refractivity contribution in [2.45, 2.75) is 33.1 Å². The van der Waals surface area contributed by atoms with Crippen molar-refractivity contribution in [2.24, 2.45) is 0 Å². The lowest BCUT2D eigenvalue weighted by Crippen LogP contribution is -2.04. The monoisotopic (exact) mass is 258 g/mol. The molecule has 0 aliphatic carbocycles. The van der Waals surface area contributed by atoms with E-state index in [4.69, 9.17) is 0 Å². The van der Waals surface area contributed by atoms with Crippen molar-refractivity contribution in [1.29, 1.82) is 0 Å². The molecular weight excluding hydrogens is 240 g/mol. The van der Waals surface area contributed by atoms with Gasteiger partial charge in [0.15, 0.2) is 0 Å². The fourth-order valence-electron chi connectivity index (χ4n) is 2.21. The molecule has 1 heterocycles. The predicted molar refractivity (Wildman–Crippen MR) is 77.3 cm³/mol. The van der Waals surface area contributed by atoms with Crippen molar-refractivity contribution < 1.29 is 4.79 Å². The highest BCUT2D eigenvalue weighted by Crippen LogP contribution is 2.12. The summed E-state index contributed by atoms with van der Waals surface area (Å²) >= 11 is 1.69. The van der Waals surface area contributed by atoms with E-state index in [1.165, 1.54) is 16.7 Å². The Morgan fingerprint density at radius 3 is 2.44 bits per heavy atom. The molecule has 1 aromatic heterocycles. The molecule has 0 radical (unpaired) electrons. The van der Waals surface area contributed by atoms with Crippen LogP contribution in [0.5, 0.6) is 0 Å². The maximum atomic E-state index is 11.9. The fraction of sp³-hybridized carbons (Fsp3) is 0.312. The minimum atomic E-state index is 0.325. The van der Waals surface area contributed by atoms with Gasteiger partial charge in [-0.25, -0.2) is 0 Å². The number of carbonyl (C=O) groups is 1. The van der Waals surface area contributed by atoms with Gasteiger partial charge >= 0.3 is 0 Å². The van der Waals surface area contributed by atoms with Crippen molar-refractivity contribution in [1.82, 2.24) is 0 Å². The first-order chi connectivity index (χ1) is 8.63. The number of rotatable bonds is 5. The molecule has 1 nitrogen and oxygen atoms in total. The molecule has 0 aliphatic rings. The van der Waals surface area contributed by atoms with Crippen LogP contribution in [0.15, 0.2) is 35.0 Å². The van der Waals surface area contributed by atoms with Crippen LogP contribution in [0.25, 0.3) is 0 Å². The summed E-state index contributed by atoms with van der Waals surface area (Å²) < 4.78 is 0. The molecule has 0 atom stereocenters. The van der Waals surface area contributed by atoms with Gasteiger partial charge in [-0.2, -0.15) is 11.3 Å². The quantitative estimate of drug-likeness (QED) is 0.788. The zero-order chi connectivity index (χ0) is 13.0. The SMILES string of the molecule is Cc1cc(C)cc(CC(=O)CCc2ccsc2)c1. The summed E-state index contributed by atoms with van der Waals surface area (Å²) in [5.41, 5.74) is 4.88. The summed E-state index contributed by atoms with van der Waals surface area (Å²) in [7, 11) is 0. The van der Waals surface area contributed by atoms with Crippen molar-refractivity contribution >= 4 is 17.1 Å². The number of hydrogen-bond donors (Lipinski definition) is 0. The maximum Gasteiger partial charge on any atom is 0.137 e. The van der Waals surface area contributed by atoms with Gasteiger partial charge < -0.3 is 0 Å². The van der Waals surface area contributed by atoms with Crippen LogP contribution in [0, 0.1) is 13.8 Å². The van der Waals surface area contributed by atoms with Gasteiger partial charge in [-0.15, -0.1) is 0 Å². The van der Waals surface area contributed by atoms with E-state index in [0.29, 0.717) is 18.6 Å². The molecule has 18 heavy (non-hydrogen) atoms. The maximum absolute atomic E-state index is 11.9. The van der Waals surface area contributed by atoms with E-state index in [1.54, 1.807) is 11.3 Å². The molecule has 0 saturated carbocycles. The fourth-order valence-corrected chi connectivity index (χ4v) is 2.91. The second kappa shape index (κ2) is 5.96. The molecule has 1 aromatic carbocycles. The molecule has 0 aliphatic heterocycles. The highest BCUT2D eigenvalue weighted by atomic mass is 32.1. The molecular formula is C16H18OS. The molecule has 0 bridgehead atoms. The molecule has 0 saturated heterocycles. The minimum Gasteiger partial charge on any atom is -0.299 e. The zero-order valence-corrected chi connectivity index (χ0v) is 11.7. The largest absolute Gasteiger partial charge is 0.299 e. The van der Waals surface area contributed by atoms with Crippen molar-refractivity contribution in [3.05, 3.63) is 57.3 Å². The van der Waals surface area contributed by atoms with Gasteiger partial charge in [-0.3, -0.25) is 4.79 Å². The Balaban J connectivity index is 1.90. The van der Waals surface area contributed by atoms with Crippen LogP contribution < -0.4 is 0 Å². The number of benzene rings is 1. The first-order valence-corrected chi connectivity index (χ1v) is 7.18. The molecule has 0 fully saturated rings. The third-order valence-electron chi connectivity index (χ3n) is 2.96. The average Bonchev–Trinajstić information content (AvgIpc) is 2.77. The van der Waals surface area contributed by atoms with Gasteiger partial charge in [0.1, 0.15) is 5.78 Å². The molecule has 0 unspecified atom stereocenters. The van der Waals surface area contributed by atoms with Crippen molar-refractivity contribution in [3.8, 4) is 0 Å². The molecule has 2 rings (SSSR count). The van der Waals surface area contributed by atoms with Crippen LogP contribution in [-0.4, -0.2) is 5.78 Å². The number of carbonyl (C=O) groups excluding carboxylic acids is 1. The lowest BCUT2D eigenvalue weighted by atomic mass is 10.0. The smallest absolute Gasteiger partial charge is 0.137 e. The third kappa shape index (κ3) is 3.81. The van der Waals surface area contributed by atoms with Gasteiger partial charge in [0.25, 0.3) is 0 Å². The lowest BCUT2D eigenvalue weighted by Gasteiger charge is -2.04. The lowest BCUT2D eigenvalue weighted by molar-refractivity contribution is -0.118. The Hall–Kier alpha value is -1.41. The summed E-state index contributed by atoms with van der Waals surface area (Å²) in [6.45, 7) is 4.15. The van der Waals surface area contributed by atoms with Crippen LogP contribution in [0.4, 0.5) is 0 Å². The number of ketones is 1. The van der Waals surface area contributed by atoms with Gasteiger partial charge in [-0.05, 0) is 48.2 Å². The van der Waals surface area contributed by atoms with E-state index in [-0.39, 0.29) is 0 Å². The summed E-state index contributed by atoms with van der Waals surface area (Å²) in [5.74, 6) is 0.325. The molecule has 2 heteroatoms. The van der Waals surface area contributed by atoms with E-state index >= 15 is 0 Å². The van der Waals surface area contributed by atoms with Crippen molar-refractivity contribution in [3.63, 3.8) is 0 Å². The molecule has 0 amide bonds. The molecule has 94 valence electrons. The highest BCUT2D eigenvalue weighted by molar-refractivity contribution is 7.07. The zero-order valence-electron chi connectivity index (χ0n) is 10.9. The first-order valence-electron chi connectivity index (χ1n) is 6.23. The normalized spacial score (nSPS) is 10.6. The van der Waals surface area contributed by atoms with Crippen LogP contribution in [0.2, 0.25) is 0 Å². The average molecular weight is 258 g/mol. The Morgan fingerprint density at radius 1 is 1.11 bits per heavy atom. The van der Waals surface area contributed by atoms with Crippen molar-refractivity contribution in [2.75, 3.05) is 0 Å². The van der Waals surface area contributed by atoms with Crippen LogP contribution in [-0.2, 0) is 17.6 Å². The van der Waals surface area contributed by atoms with Gasteiger partial charge in [0.05, 0.1) is 0 Å². The van der Waals surface area contributed by atoms with E-state index < -0.39 is 0 Å². The van der Waals surface area contributed by atoms with Crippen LogP contribution >= 0.6 is 11.3 Å². The molecule has 0 N–H and O–H groups in total. The summed E-state index contributed by atoms with van der Waals surface area (Å²) in [4.78, 5) is 11.9. The van der Waals surface area contributed by atoms with E-state index in [9.17, 15) is 4.79 Å². The van der Waals surface area contributed by atoms with E-state index in [0.717, 1.165) is 12.0 Å². The van der Waals surface area contributed by atoms with E-state index in [1.807, 2.05) is 0 Å². The van der Waals surface area contributed by atoms with Gasteiger partial charge in [0, 0.05) is 12.8 Å².